The minimum atomic E-state index is -0.138. The molecule has 26 heavy (non-hydrogen) atoms. The average Bonchev–Trinajstić information content (AvgIpc) is 2.63. The van der Waals surface area contributed by atoms with Gasteiger partial charge in [0.05, 0.1) is 39.9 Å². The largest absolute Gasteiger partial charge is 0.497 e. The van der Waals surface area contributed by atoms with Gasteiger partial charge in [-0.15, -0.1) is 0 Å². The Morgan fingerprint density at radius 3 is 2.81 bits per heavy atom. The minimum absolute atomic E-state index is 0.0499. The van der Waals surface area contributed by atoms with Crippen molar-refractivity contribution < 1.29 is 23.7 Å². The summed E-state index contributed by atoms with van der Waals surface area (Å²) >= 11 is 0. The van der Waals surface area contributed by atoms with E-state index in [4.69, 9.17) is 18.9 Å². The highest BCUT2D eigenvalue weighted by molar-refractivity contribution is 5.79. The molecule has 1 aliphatic rings. The zero-order valence-electron chi connectivity index (χ0n) is 16.0. The van der Waals surface area contributed by atoms with Crippen molar-refractivity contribution in [3.63, 3.8) is 0 Å². The van der Waals surface area contributed by atoms with Crippen molar-refractivity contribution in [2.45, 2.75) is 38.8 Å². The van der Waals surface area contributed by atoms with Gasteiger partial charge in [-0.3, -0.25) is 4.79 Å². The van der Waals surface area contributed by atoms with Crippen LogP contribution in [-0.2, 0) is 20.7 Å². The second-order valence-electron chi connectivity index (χ2n) is 6.55. The Kier molecular flexibility index (Phi) is 7.94. The molecule has 2 rings (SSSR count). The van der Waals surface area contributed by atoms with Crippen molar-refractivity contribution in [1.29, 1.82) is 0 Å². The van der Waals surface area contributed by atoms with Gasteiger partial charge in [-0.05, 0) is 26.3 Å². The lowest BCUT2D eigenvalue weighted by atomic mass is 10.0. The zero-order chi connectivity index (χ0) is 18.9. The molecule has 1 amide bonds. The highest BCUT2D eigenvalue weighted by Crippen LogP contribution is 2.25. The van der Waals surface area contributed by atoms with Crippen LogP contribution in [0.4, 0.5) is 0 Å². The van der Waals surface area contributed by atoms with Gasteiger partial charge < -0.3 is 24.3 Å². The van der Waals surface area contributed by atoms with Gasteiger partial charge in [0.25, 0.3) is 0 Å². The normalized spacial score (nSPS) is 19.5. The number of carbonyl (C=O) groups excluding carboxylic acids is 1. The van der Waals surface area contributed by atoms with E-state index in [2.05, 4.69) is 5.32 Å². The fourth-order valence-electron chi connectivity index (χ4n) is 2.81. The van der Waals surface area contributed by atoms with Gasteiger partial charge in [0.15, 0.2) is 0 Å². The summed E-state index contributed by atoms with van der Waals surface area (Å²) in [5, 5.41) is 3.08. The molecule has 0 spiro atoms. The predicted octanol–water partition coefficient (Wildman–Crippen LogP) is 2.50. The molecule has 1 saturated heterocycles. The number of amides is 1. The van der Waals surface area contributed by atoms with E-state index in [0.717, 1.165) is 12.0 Å². The van der Waals surface area contributed by atoms with Crippen LogP contribution in [0.1, 0.15) is 25.8 Å². The zero-order valence-corrected chi connectivity index (χ0v) is 16.0. The van der Waals surface area contributed by atoms with E-state index in [0.29, 0.717) is 31.3 Å². The van der Waals surface area contributed by atoms with E-state index in [1.54, 1.807) is 20.3 Å². The van der Waals surface area contributed by atoms with Crippen LogP contribution in [0.5, 0.6) is 11.5 Å². The molecular weight excluding hydrogens is 334 g/mol. The van der Waals surface area contributed by atoms with Crippen LogP contribution in [0.3, 0.4) is 0 Å². The number of hydrogen-bond donors (Lipinski definition) is 1. The molecule has 144 valence electrons. The van der Waals surface area contributed by atoms with E-state index in [9.17, 15) is 4.79 Å². The second kappa shape index (κ2) is 10.2. The summed E-state index contributed by atoms with van der Waals surface area (Å²) in [6.45, 7) is 5.70. The topological polar surface area (TPSA) is 66.0 Å². The molecule has 0 aromatic heterocycles. The Bertz CT molecular complexity index is 625. The first-order valence-corrected chi connectivity index (χ1v) is 8.86. The van der Waals surface area contributed by atoms with Crippen LogP contribution in [-0.4, -0.2) is 52.1 Å². The molecule has 0 aliphatic carbocycles. The molecule has 0 radical (unpaired) electrons. The van der Waals surface area contributed by atoms with E-state index in [-0.39, 0.29) is 24.5 Å². The number of carbonyl (C=O) groups is 1. The summed E-state index contributed by atoms with van der Waals surface area (Å²) < 4.78 is 21.9. The number of rotatable bonds is 8. The van der Waals surface area contributed by atoms with Gasteiger partial charge in [0, 0.05) is 18.2 Å². The number of nitrogens with one attached hydrogen (secondary N) is 1. The second-order valence-corrected chi connectivity index (χ2v) is 6.55. The number of methoxy groups -OCH3 is 2. The van der Waals surface area contributed by atoms with Crippen LogP contribution >= 0.6 is 0 Å². The monoisotopic (exact) mass is 363 g/mol. The summed E-state index contributed by atoms with van der Waals surface area (Å²) in [7, 11) is 3.18. The lowest BCUT2D eigenvalue weighted by Crippen LogP contribution is -2.50. The van der Waals surface area contributed by atoms with Crippen LogP contribution in [0.25, 0.3) is 0 Å². The Hall–Kier alpha value is -2.05. The Morgan fingerprint density at radius 1 is 1.31 bits per heavy atom. The maximum atomic E-state index is 12.5. The van der Waals surface area contributed by atoms with Gasteiger partial charge in [-0.2, -0.15) is 0 Å². The van der Waals surface area contributed by atoms with Gasteiger partial charge in [-0.1, -0.05) is 17.7 Å². The Balaban J connectivity index is 1.95. The molecule has 1 heterocycles. The van der Waals surface area contributed by atoms with Crippen LogP contribution in [0.2, 0.25) is 0 Å². The smallest absolute Gasteiger partial charge is 0.224 e. The SMILES string of the molecule is COc1ccc(CC(=O)N[C@@H]2CCOC[C@H]2OCC=C(C)C)c(OC)c1. The summed E-state index contributed by atoms with van der Waals surface area (Å²) in [5.41, 5.74) is 2.02. The fraction of sp³-hybridized carbons (Fsp3) is 0.550. The maximum absolute atomic E-state index is 12.5. The van der Waals surface area contributed by atoms with Gasteiger partial charge >= 0.3 is 0 Å². The molecule has 1 aliphatic heterocycles. The van der Waals surface area contributed by atoms with Crippen molar-refractivity contribution in [1.82, 2.24) is 5.32 Å². The number of allylic oxidation sites excluding steroid dienone is 1. The molecule has 2 atom stereocenters. The number of ether oxygens (including phenoxy) is 4. The first-order chi connectivity index (χ1) is 12.5. The summed E-state index contributed by atoms with van der Waals surface area (Å²) in [6, 6.07) is 5.41. The fourth-order valence-corrected chi connectivity index (χ4v) is 2.81. The molecule has 6 nitrogen and oxygen atoms in total. The number of benzene rings is 1. The summed E-state index contributed by atoms with van der Waals surface area (Å²) in [4.78, 5) is 12.5. The summed E-state index contributed by atoms with van der Waals surface area (Å²) in [6.07, 6.45) is 2.87. The first-order valence-electron chi connectivity index (χ1n) is 8.86. The van der Waals surface area contributed by atoms with E-state index in [1.807, 2.05) is 32.1 Å². The van der Waals surface area contributed by atoms with Crippen LogP contribution in [0.15, 0.2) is 29.8 Å². The maximum Gasteiger partial charge on any atom is 0.224 e. The first kappa shape index (κ1) is 20.3. The number of hydrogen-bond acceptors (Lipinski definition) is 5. The van der Waals surface area contributed by atoms with Crippen molar-refractivity contribution >= 4 is 5.91 Å². The lowest BCUT2D eigenvalue weighted by Gasteiger charge is -2.32. The van der Waals surface area contributed by atoms with Crippen molar-refractivity contribution in [3.8, 4) is 11.5 Å². The molecule has 6 heteroatoms. The quantitative estimate of drug-likeness (QED) is 0.719. The van der Waals surface area contributed by atoms with Crippen LogP contribution in [0, 0.1) is 0 Å². The Morgan fingerprint density at radius 2 is 2.12 bits per heavy atom. The van der Waals surface area contributed by atoms with E-state index in [1.165, 1.54) is 5.57 Å². The molecule has 0 saturated carbocycles. The van der Waals surface area contributed by atoms with Gasteiger partial charge in [0.1, 0.15) is 17.6 Å². The van der Waals surface area contributed by atoms with E-state index < -0.39 is 0 Å². The average molecular weight is 363 g/mol. The summed E-state index contributed by atoms with van der Waals surface area (Å²) in [5.74, 6) is 1.28. The third-order valence-corrected chi connectivity index (χ3v) is 4.30. The predicted molar refractivity (Wildman–Crippen MR) is 99.8 cm³/mol. The van der Waals surface area contributed by atoms with Crippen molar-refractivity contribution in [2.24, 2.45) is 0 Å². The van der Waals surface area contributed by atoms with Crippen LogP contribution < -0.4 is 14.8 Å². The van der Waals surface area contributed by atoms with Gasteiger partial charge in [-0.25, -0.2) is 0 Å². The minimum Gasteiger partial charge on any atom is -0.497 e. The van der Waals surface area contributed by atoms with E-state index >= 15 is 0 Å². The third kappa shape index (κ3) is 6.04. The molecule has 1 N–H and O–H groups in total. The lowest BCUT2D eigenvalue weighted by molar-refractivity contribution is -0.125. The molecule has 0 bridgehead atoms. The molecule has 1 aromatic carbocycles. The standard InChI is InChI=1S/C20H29NO5/c1-14(2)7-10-26-19-13-25-9-8-17(19)21-20(22)11-15-5-6-16(23-3)12-18(15)24-4/h5-7,12,17,19H,8-11,13H2,1-4H3,(H,21,22)/t17-,19-/m1/s1. The molecule has 0 unspecified atom stereocenters. The molecule has 1 fully saturated rings. The van der Waals surface area contributed by atoms with Gasteiger partial charge in [0.2, 0.25) is 5.91 Å². The molecular formula is C20H29NO5. The van der Waals surface area contributed by atoms with Crippen molar-refractivity contribution in [3.05, 3.63) is 35.4 Å². The Labute approximate surface area is 155 Å². The highest BCUT2D eigenvalue weighted by Gasteiger charge is 2.28. The van der Waals surface area contributed by atoms with Crippen molar-refractivity contribution in [2.75, 3.05) is 34.0 Å². The molecule has 1 aromatic rings. The third-order valence-electron chi connectivity index (χ3n) is 4.30. The highest BCUT2D eigenvalue weighted by atomic mass is 16.5.